The third-order valence-electron chi connectivity index (χ3n) is 2.72. The van der Waals surface area contributed by atoms with E-state index in [9.17, 15) is 4.39 Å². The van der Waals surface area contributed by atoms with Gasteiger partial charge < -0.3 is 10.6 Å². The summed E-state index contributed by atoms with van der Waals surface area (Å²) in [6, 6.07) is 4.65. The molecule has 0 fully saturated rings. The number of anilines is 3. The molecule has 2 heterocycles. The molecular formula is C11H11FN4. The number of hydrogen-bond acceptors (Lipinski definition) is 3. The highest BCUT2D eigenvalue weighted by Crippen LogP contribution is 2.31. The van der Waals surface area contributed by atoms with E-state index in [-0.39, 0.29) is 5.82 Å². The maximum atomic E-state index is 13.1. The van der Waals surface area contributed by atoms with E-state index < -0.39 is 0 Å². The summed E-state index contributed by atoms with van der Waals surface area (Å²) in [5.41, 5.74) is 2.71. The number of nitrogens with one attached hydrogen (secondary N) is 2. The van der Waals surface area contributed by atoms with Crippen molar-refractivity contribution in [3.8, 4) is 0 Å². The van der Waals surface area contributed by atoms with Gasteiger partial charge in [-0.3, -0.25) is 4.68 Å². The summed E-state index contributed by atoms with van der Waals surface area (Å²) in [6.07, 6.45) is 1.80. The number of aromatic nitrogens is 2. The second-order valence-corrected chi connectivity index (χ2v) is 3.81. The van der Waals surface area contributed by atoms with Crippen LogP contribution in [0.1, 0.15) is 5.56 Å². The smallest absolute Gasteiger partial charge is 0.133 e. The molecule has 0 saturated heterocycles. The minimum absolute atomic E-state index is 0.239. The maximum Gasteiger partial charge on any atom is 0.133 e. The molecule has 3 rings (SSSR count). The van der Waals surface area contributed by atoms with E-state index in [0.29, 0.717) is 6.54 Å². The number of nitrogens with zero attached hydrogens (tertiary/aromatic N) is 2. The third kappa shape index (κ3) is 1.32. The Labute approximate surface area is 92.1 Å². The summed E-state index contributed by atoms with van der Waals surface area (Å²) in [7, 11) is 1.88. The highest BCUT2D eigenvalue weighted by molar-refractivity contribution is 5.76. The van der Waals surface area contributed by atoms with Gasteiger partial charge in [0.15, 0.2) is 0 Å². The van der Waals surface area contributed by atoms with Crippen molar-refractivity contribution in [2.24, 2.45) is 7.05 Å². The zero-order chi connectivity index (χ0) is 11.1. The Morgan fingerprint density at radius 3 is 3.12 bits per heavy atom. The van der Waals surface area contributed by atoms with Gasteiger partial charge in [-0.2, -0.15) is 5.10 Å². The Hall–Kier alpha value is -2.04. The molecule has 1 aromatic heterocycles. The first-order valence-electron chi connectivity index (χ1n) is 5.05. The molecule has 0 spiro atoms. The zero-order valence-corrected chi connectivity index (χ0v) is 8.79. The van der Waals surface area contributed by atoms with E-state index >= 15 is 0 Å². The maximum absolute atomic E-state index is 13.1. The molecule has 2 aromatic rings. The lowest BCUT2D eigenvalue weighted by Crippen LogP contribution is -1.99. The van der Waals surface area contributed by atoms with Gasteiger partial charge in [0.1, 0.15) is 11.6 Å². The van der Waals surface area contributed by atoms with E-state index in [1.807, 2.05) is 7.05 Å². The number of halogens is 1. The lowest BCUT2D eigenvalue weighted by atomic mass is 10.2. The van der Waals surface area contributed by atoms with Crippen LogP contribution in [0.5, 0.6) is 0 Å². The number of benzene rings is 1. The van der Waals surface area contributed by atoms with Crippen molar-refractivity contribution < 1.29 is 4.39 Å². The van der Waals surface area contributed by atoms with Crippen LogP contribution in [0.4, 0.5) is 21.6 Å². The number of hydrogen-bond donors (Lipinski definition) is 2. The predicted molar refractivity (Wildman–Crippen MR) is 60.2 cm³/mol. The largest absolute Gasteiger partial charge is 0.379 e. The van der Waals surface area contributed by atoms with Crippen LogP contribution in [-0.2, 0) is 13.6 Å². The van der Waals surface area contributed by atoms with Gasteiger partial charge >= 0.3 is 0 Å². The van der Waals surface area contributed by atoms with Gasteiger partial charge in [-0.15, -0.1) is 0 Å². The van der Waals surface area contributed by atoms with Crippen LogP contribution in [0.3, 0.4) is 0 Å². The fourth-order valence-corrected chi connectivity index (χ4v) is 1.86. The molecule has 0 atom stereocenters. The van der Waals surface area contributed by atoms with Gasteiger partial charge in [-0.1, -0.05) is 0 Å². The molecular weight excluding hydrogens is 207 g/mol. The van der Waals surface area contributed by atoms with Crippen molar-refractivity contribution in [2.45, 2.75) is 6.54 Å². The minimum atomic E-state index is -0.239. The van der Waals surface area contributed by atoms with E-state index in [0.717, 1.165) is 22.8 Å². The first kappa shape index (κ1) is 9.21. The number of rotatable bonds is 0. The van der Waals surface area contributed by atoms with E-state index in [1.165, 1.54) is 12.1 Å². The molecule has 1 aromatic carbocycles. The number of aryl methyl sites for hydroxylation is 1. The second-order valence-electron chi connectivity index (χ2n) is 3.81. The molecule has 0 bridgehead atoms. The molecule has 0 radical (unpaired) electrons. The minimum Gasteiger partial charge on any atom is -0.379 e. The molecule has 1 aliphatic rings. The average Bonchev–Trinajstić information content (AvgIpc) is 2.51. The van der Waals surface area contributed by atoms with Gasteiger partial charge in [0.2, 0.25) is 0 Å². The van der Waals surface area contributed by atoms with Crippen LogP contribution in [0.15, 0.2) is 24.4 Å². The van der Waals surface area contributed by atoms with Crippen molar-refractivity contribution in [3.05, 3.63) is 35.8 Å². The standard InChI is InChI=1S/C11H11FN4/c1-16-11-7(6-14-16)5-13-10-4-8(12)2-3-9(10)15-11/h2-4,6,13,15H,5H2,1H3. The topological polar surface area (TPSA) is 41.9 Å². The van der Waals surface area contributed by atoms with Gasteiger partial charge in [0.25, 0.3) is 0 Å². The van der Waals surface area contributed by atoms with Crippen molar-refractivity contribution in [2.75, 3.05) is 10.6 Å². The molecule has 0 amide bonds. The first-order valence-corrected chi connectivity index (χ1v) is 5.05. The number of fused-ring (bicyclic) bond motifs is 2. The monoisotopic (exact) mass is 218 g/mol. The van der Waals surface area contributed by atoms with E-state index in [2.05, 4.69) is 15.7 Å². The van der Waals surface area contributed by atoms with Gasteiger partial charge in [-0.05, 0) is 18.2 Å². The summed E-state index contributed by atoms with van der Waals surface area (Å²) in [6.45, 7) is 0.645. The molecule has 0 aliphatic carbocycles. The van der Waals surface area contributed by atoms with Crippen LogP contribution >= 0.6 is 0 Å². The van der Waals surface area contributed by atoms with Gasteiger partial charge in [0, 0.05) is 19.2 Å². The third-order valence-corrected chi connectivity index (χ3v) is 2.72. The molecule has 4 nitrogen and oxygen atoms in total. The van der Waals surface area contributed by atoms with Crippen LogP contribution in [-0.4, -0.2) is 9.78 Å². The fourth-order valence-electron chi connectivity index (χ4n) is 1.86. The molecule has 16 heavy (non-hydrogen) atoms. The van der Waals surface area contributed by atoms with E-state index in [1.54, 1.807) is 16.9 Å². The summed E-state index contributed by atoms with van der Waals surface area (Å²) in [5.74, 6) is 0.704. The van der Waals surface area contributed by atoms with Crippen LogP contribution in [0, 0.1) is 5.82 Å². The SMILES string of the molecule is Cn1ncc2c1Nc1ccc(F)cc1NC2. The fraction of sp³-hybridized carbons (Fsp3) is 0.182. The average molecular weight is 218 g/mol. The van der Waals surface area contributed by atoms with E-state index in [4.69, 9.17) is 0 Å². The Balaban J connectivity index is 2.10. The van der Waals surface area contributed by atoms with Crippen molar-refractivity contribution in [1.29, 1.82) is 0 Å². The Bertz CT molecular complexity index is 547. The molecule has 1 aliphatic heterocycles. The molecule has 0 unspecified atom stereocenters. The Morgan fingerprint density at radius 1 is 1.38 bits per heavy atom. The first-order chi connectivity index (χ1) is 7.74. The van der Waals surface area contributed by atoms with Crippen LogP contribution in [0.2, 0.25) is 0 Å². The highest BCUT2D eigenvalue weighted by Gasteiger charge is 2.15. The summed E-state index contributed by atoms with van der Waals surface area (Å²) >= 11 is 0. The summed E-state index contributed by atoms with van der Waals surface area (Å²) < 4.78 is 14.8. The Kier molecular flexibility index (Phi) is 1.86. The molecule has 0 saturated carbocycles. The zero-order valence-electron chi connectivity index (χ0n) is 8.79. The second kappa shape index (κ2) is 3.23. The quantitative estimate of drug-likeness (QED) is 0.712. The van der Waals surface area contributed by atoms with Crippen LogP contribution < -0.4 is 10.6 Å². The molecule has 82 valence electrons. The lowest BCUT2D eigenvalue weighted by Gasteiger charge is -2.09. The highest BCUT2D eigenvalue weighted by atomic mass is 19.1. The van der Waals surface area contributed by atoms with Crippen LogP contribution in [0.25, 0.3) is 0 Å². The Morgan fingerprint density at radius 2 is 2.25 bits per heavy atom. The van der Waals surface area contributed by atoms with Gasteiger partial charge in [-0.25, -0.2) is 4.39 Å². The predicted octanol–water partition coefficient (Wildman–Crippen LogP) is 2.23. The van der Waals surface area contributed by atoms with Crippen molar-refractivity contribution in [1.82, 2.24) is 9.78 Å². The molecule has 5 heteroatoms. The van der Waals surface area contributed by atoms with Gasteiger partial charge in [0.05, 0.1) is 17.6 Å². The van der Waals surface area contributed by atoms with Crippen molar-refractivity contribution >= 4 is 17.2 Å². The summed E-state index contributed by atoms with van der Waals surface area (Å²) in [5, 5.41) is 10.6. The molecule has 2 N–H and O–H groups in total. The van der Waals surface area contributed by atoms with Crippen molar-refractivity contribution in [3.63, 3.8) is 0 Å². The summed E-state index contributed by atoms with van der Waals surface area (Å²) in [4.78, 5) is 0. The lowest BCUT2D eigenvalue weighted by molar-refractivity contribution is 0.628. The normalized spacial score (nSPS) is 13.1.